The van der Waals surface area contributed by atoms with Gasteiger partial charge in [-0.3, -0.25) is 15.1 Å². The van der Waals surface area contributed by atoms with Crippen LogP contribution in [0.2, 0.25) is 0 Å². The number of carbonyl (C=O) groups excluding carboxylic acids is 2. The van der Waals surface area contributed by atoms with E-state index in [0.29, 0.717) is 28.1 Å². The van der Waals surface area contributed by atoms with Crippen LogP contribution >= 0.6 is 0 Å². The van der Waals surface area contributed by atoms with Gasteiger partial charge in [-0.1, -0.05) is 42.5 Å². The minimum absolute atomic E-state index is 0.130. The number of benzene rings is 3. The number of amidine groups is 1. The molecule has 34 heavy (non-hydrogen) atoms. The van der Waals surface area contributed by atoms with Gasteiger partial charge in [-0.25, -0.2) is 13.2 Å². The van der Waals surface area contributed by atoms with Gasteiger partial charge in [-0.15, -0.1) is 0 Å². The molecule has 4 N–H and O–H groups in total. The number of anilines is 2. The smallest absolute Gasteiger partial charge is 0.415 e. The fourth-order valence-corrected chi connectivity index (χ4v) is 4.62. The Morgan fingerprint density at radius 1 is 1.09 bits per heavy atom. The van der Waals surface area contributed by atoms with Crippen molar-refractivity contribution < 1.29 is 22.7 Å². The maximum absolute atomic E-state index is 13.0. The van der Waals surface area contributed by atoms with Gasteiger partial charge >= 0.3 is 6.09 Å². The van der Waals surface area contributed by atoms with E-state index in [0.717, 1.165) is 6.26 Å². The zero-order valence-electron chi connectivity index (χ0n) is 18.2. The third kappa shape index (κ3) is 4.62. The van der Waals surface area contributed by atoms with Crippen LogP contribution in [0.1, 0.15) is 5.56 Å². The number of hydrogen-bond acceptors (Lipinski definition) is 6. The van der Waals surface area contributed by atoms with Crippen LogP contribution < -0.4 is 16.0 Å². The summed E-state index contributed by atoms with van der Waals surface area (Å²) in [5, 5.41) is 10.4. The van der Waals surface area contributed by atoms with E-state index in [2.05, 4.69) is 5.32 Å². The summed E-state index contributed by atoms with van der Waals surface area (Å²) in [6.07, 6.45) is 0.483. The first-order valence-corrected chi connectivity index (χ1v) is 12.1. The molecule has 0 aromatic heterocycles. The van der Waals surface area contributed by atoms with Crippen molar-refractivity contribution >= 4 is 39.0 Å². The molecule has 10 heteroatoms. The zero-order chi connectivity index (χ0) is 24.5. The van der Waals surface area contributed by atoms with Gasteiger partial charge in [0.1, 0.15) is 12.4 Å². The molecule has 1 saturated heterocycles. The van der Waals surface area contributed by atoms with Crippen molar-refractivity contribution in [2.75, 3.05) is 23.1 Å². The van der Waals surface area contributed by atoms with Gasteiger partial charge in [0.25, 0.3) is 5.91 Å². The fraction of sp³-hybridized carbons (Fsp3) is 0.125. The molecule has 1 aliphatic rings. The summed E-state index contributed by atoms with van der Waals surface area (Å²) in [4.78, 5) is 26.7. The third-order valence-corrected chi connectivity index (χ3v) is 6.52. The molecular weight excluding hydrogens is 456 g/mol. The molecule has 3 aromatic carbocycles. The van der Waals surface area contributed by atoms with Gasteiger partial charge in [-0.05, 0) is 35.9 Å². The molecular formula is C24H22N4O5S. The van der Waals surface area contributed by atoms with Crippen LogP contribution in [0.15, 0.2) is 77.7 Å². The van der Waals surface area contributed by atoms with E-state index >= 15 is 0 Å². The van der Waals surface area contributed by atoms with Gasteiger partial charge in [0.2, 0.25) is 0 Å². The molecule has 174 valence electrons. The zero-order valence-corrected chi connectivity index (χ0v) is 19.0. The number of carbonyl (C=O) groups is 2. The Kier molecular flexibility index (Phi) is 6.08. The molecule has 0 saturated carbocycles. The molecule has 1 unspecified atom stereocenters. The van der Waals surface area contributed by atoms with Crippen LogP contribution in [0.4, 0.5) is 16.2 Å². The highest BCUT2D eigenvalue weighted by Gasteiger charge is 2.39. The van der Waals surface area contributed by atoms with E-state index in [9.17, 15) is 18.0 Å². The molecule has 0 radical (unpaired) electrons. The monoisotopic (exact) mass is 478 g/mol. The Morgan fingerprint density at radius 3 is 2.47 bits per heavy atom. The lowest BCUT2D eigenvalue weighted by Crippen LogP contribution is -2.42. The van der Waals surface area contributed by atoms with Gasteiger partial charge in [-0.2, -0.15) is 0 Å². The van der Waals surface area contributed by atoms with Crippen molar-refractivity contribution in [1.29, 1.82) is 5.41 Å². The summed E-state index contributed by atoms with van der Waals surface area (Å²) >= 11 is 0. The standard InChI is InChI=1S/C24H22N4O5S/c1-34(31,32)21-8-3-2-7-19(21)15-9-11-17(12-10-15)27-23(29)20-14-33-24(30)28(20)18-6-4-5-16(13-18)22(25)26/h2-13,20H,14H2,1H3,(H3,25,26)(H,27,29). The van der Waals surface area contributed by atoms with E-state index in [-0.39, 0.29) is 17.3 Å². The Labute approximate surface area is 196 Å². The van der Waals surface area contributed by atoms with Gasteiger partial charge in [0.15, 0.2) is 15.9 Å². The highest BCUT2D eigenvalue weighted by Crippen LogP contribution is 2.29. The summed E-state index contributed by atoms with van der Waals surface area (Å²) in [6, 6.07) is 19.0. The number of amides is 2. The average molecular weight is 479 g/mol. The fourth-order valence-electron chi connectivity index (χ4n) is 3.71. The number of hydrogen-bond donors (Lipinski definition) is 3. The molecule has 1 fully saturated rings. The largest absolute Gasteiger partial charge is 0.446 e. The topological polar surface area (TPSA) is 143 Å². The molecule has 0 spiro atoms. The molecule has 1 atom stereocenters. The first-order chi connectivity index (χ1) is 16.1. The minimum Gasteiger partial charge on any atom is -0.446 e. The summed E-state index contributed by atoms with van der Waals surface area (Å²) in [7, 11) is -3.41. The van der Waals surface area contributed by atoms with Crippen molar-refractivity contribution in [3.05, 3.63) is 78.4 Å². The van der Waals surface area contributed by atoms with E-state index in [4.69, 9.17) is 15.9 Å². The Morgan fingerprint density at radius 2 is 1.79 bits per heavy atom. The number of rotatable bonds is 6. The van der Waals surface area contributed by atoms with Gasteiger partial charge in [0, 0.05) is 28.8 Å². The second kappa shape index (κ2) is 8.99. The Balaban J connectivity index is 1.55. The van der Waals surface area contributed by atoms with Crippen LogP contribution in [0.25, 0.3) is 11.1 Å². The van der Waals surface area contributed by atoms with Crippen LogP contribution in [0, 0.1) is 5.41 Å². The molecule has 2 amide bonds. The quantitative estimate of drug-likeness (QED) is 0.367. The first-order valence-electron chi connectivity index (χ1n) is 10.3. The van der Waals surface area contributed by atoms with E-state index in [1.807, 2.05) is 0 Å². The number of nitrogens with one attached hydrogen (secondary N) is 2. The molecule has 0 bridgehead atoms. The van der Waals surface area contributed by atoms with Gasteiger partial charge in [0.05, 0.1) is 4.90 Å². The second-order valence-electron chi connectivity index (χ2n) is 7.76. The van der Waals surface area contributed by atoms with E-state index in [1.165, 1.54) is 4.90 Å². The third-order valence-electron chi connectivity index (χ3n) is 5.36. The minimum atomic E-state index is -3.41. The summed E-state index contributed by atoms with van der Waals surface area (Å²) < 4.78 is 29.3. The van der Waals surface area contributed by atoms with Crippen molar-refractivity contribution in [2.24, 2.45) is 5.73 Å². The van der Waals surface area contributed by atoms with E-state index in [1.54, 1.807) is 72.8 Å². The number of nitrogen functional groups attached to an aromatic ring is 1. The van der Waals surface area contributed by atoms with Crippen molar-refractivity contribution in [3.63, 3.8) is 0 Å². The molecule has 9 nitrogen and oxygen atoms in total. The Hall–Kier alpha value is -4.18. The van der Waals surface area contributed by atoms with Crippen molar-refractivity contribution in [3.8, 4) is 11.1 Å². The van der Waals surface area contributed by atoms with Crippen molar-refractivity contribution in [2.45, 2.75) is 10.9 Å². The molecule has 4 rings (SSSR count). The van der Waals surface area contributed by atoms with E-state index < -0.39 is 27.9 Å². The normalized spacial score (nSPS) is 15.6. The maximum Gasteiger partial charge on any atom is 0.415 e. The maximum atomic E-state index is 13.0. The summed E-state index contributed by atoms with van der Waals surface area (Å²) in [6.45, 7) is -0.130. The number of nitrogens with two attached hydrogens (primary N) is 1. The second-order valence-corrected chi connectivity index (χ2v) is 9.75. The lowest BCUT2D eigenvalue weighted by Gasteiger charge is -2.21. The SMILES string of the molecule is CS(=O)(=O)c1ccccc1-c1ccc(NC(=O)C2COC(=O)N2c2cccc(C(=N)N)c2)cc1. The van der Waals surface area contributed by atoms with Crippen LogP contribution in [-0.2, 0) is 19.4 Å². The summed E-state index contributed by atoms with van der Waals surface area (Å²) in [5.74, 6) is -0.615. The molecule has 1 heterocycles. The predicted octanol–water partition coefficient (Wildman–Crippen LogP) is 3.01. The molecule has 3 aromatic rings. The average Bonchev–Trinajstić information content (AvgIpc) is 3.20. The highest BCUT2D eigenvalue weighted by atomic mass is 32.2. The lowest BCUT2D eigenvalue weighted by molar-refractivity contribution is -0.117. The van der Waals surface area contributed by atoms with Crippen LogP contribution in [-0.4, -0.2) is 45.2 Å². The number of ether oxygens (including phenoxy) is 1. The molecule has 0 aliphatic carbocycles. The first kappa shape index (κ1) is 23.0. The number of sulfone groups is 1. The van der Waals surface area contributed by atoms with Crippen molar-refractivity contribution in [1.82, 2.24) is 0 Å². The Bertz CT molecular complexity index is 1390. The van der Waals surface area contributed by atoms with Crippen LogP contribution in [0.5, 0.6) is 0 Å². The number of nitrogens with zero attached hydrogens (tertiary/aromatic N) is 1. The van der Waals surface area contributed by atoms with Crippen LogP contribution in [0.3, 0.4) is 0 Å². The predicted molar refractivity (Wildman–Crippen MR) is 129 cm³/mol. The summed E-state index contributed by atoms with van der Waals surface area (Å²) in [5.41, 5.74) is 8.07. The lowest BCUT2D eigenvalue weighted by atomic mass is 10.1. The molecule has 1 aliphatic heterocycles. The van der Waals surface area contributed by atoms with Gasteiger partial charge < -0.3 is 15.8 Å². The highest BCUT2D eigenvalue weighted by molar-refractivity contribution is 7.90. The number of cyclic esters (lactones) is 1.